The Morgan fingerprint density at radius 1 is 1.24 bits per heavy atom. The van der Waals surface area contributed by atoms with E-state index in [2.05, 4.69) is 5.32 Å². The van der Waals surface area contributed by atoms with Gasteiger partial charge in [-0.25, -0.2) is 8.42 Å². The summed E-state index contributed by atoms with van der Waals surface area (Å²) >= 11 is 6.17. The molecule has 1 aliphatic rings. The molecule has 5 nitrogen and oxygen atoms in total. The van der Waals surface area contributed by atoms with Gasteiger partial charge in [0.2, 0.25) is 10.0 Å². The van der Waals surface area contributed by atoms with Gasteiger partial charge >= 0.3 is 0 Å². The minimum absolute atomic E-state index is 0.215. The zero-order chi connectivity index (χ0) is 18.2. The van der Waals surface area contributed by atoms with Gasteiger partial charge in [-0.2, -0.15) is 0 Å². The number of rotatable bonds is 4. The first kappa shape index (κ1) is 17.8. The van der Waals surface area contributed by atoms with Gasteiger partial charge in [0.1, 0.15) is 0 Å². The number of amides is 1. The molecule has 0 bridgehead atoms. The Bertz CT molecular complexity index is 928. The van der Waals surface area contributed by atoms with Crippen LogP contribution < -0.4 is 9.62 Å². The average Bonchev–Trinajstić information content (AvgIpc) is 2.98. The van der Waals surface area contributed by atoms with Gasteiger partial charge in [-0.1, -0.05) is 29.8 Å². The summed E-state index contributed by atoms with van der Waals surface area (Å²) < 4.78 is 24.9. The van der Waals surface area contributed by atoms with Gasteiger partial charge in [0, 0.05) is 17.1 Å². The van der Waals surface area contributed by atoms with E-state index in [0.717, 1.165) is 11.1 Å². The van der Waals surface area contributed by atoms with Crippen molar-refractivity contribution in [2.45, 2.75) is 19.4 Å². The van der Waals surface area contributed by atoms with Crippen LogP contribution in [0.5, 0.6) is 0 Å². The smallest absolute Gasteiger partial charge is 0.251 e. The largest absolute Gasteiger partial charge is 0.345 e. The van der Waals surface area contributed by atoms with Crippen LogP contribution in [-0.2, 0) is 16.4 Å². The number of benzene rings is 2. The van der Waals surface area contributed by atoms with E-state index in [1.54, 1.807) is 24.3 Å². The van der Waals surface area contributed by atoms with Gasteiger partial charge in [0.05, 0.1) is 18.0 Å². The van der Waals surface area contributed by atoms with Crippen molar-refractivity contribution in [3.63, 3.8) is 0 Å². The molecule has 1 aliphatic heterocycles. The summed E-state index contributed by atoms with van der Waals surface area (Å²) in [6.45, 7) is 2.28. The maximum atomic E-state index is 12.5. The predicted octanol–water partition coefficient (Wildman–Crippen LogP) is 3.15. The van der Waals surface area contributed by atoms with Crippen molar-refractivity contribution in [2.24, 2.45) is 0 Å². The number of fused-ring (bicyclic) bond motifs is 1. The van der Waals surface area contributed by atoms with Crippen LogP contribution in [0.2, 0.25) is 5.02 Å². The molecule has 7 heteroatoms. The van der Waals surface area contributed by atoms with E-state index >= 15 is 0 Å². The van der Waals surface area contributed by atoms with E-state index < -0.39 is 10.0 Å². The number of nitrogens with zero attached hydrogens (tertiary/aromatic N) is 1. The third-order valence-electron chi connectivity index (χ3n) is 4.31. The van der Waals surface area contributed by atoms with Gasteiger partial charge in [-0.15, -0.1) is 0 Å². The first-order chi connectivity index (χ1) is 11.8. The monoisotopic (exact) mass is 378 g/mol. The van der Waals surface area contributed by atoms with Crippen molar-refractivity contribution < 1.29 is 13.2 Å². The molecule has 2 aromatic rings. The second kappa shape index (κ2) is 6.69. The summed E-state index contributed by atoms with van der Waals surface area (Å²) in [6.07, 6.45) is 1.79. The summed E-state index contributed by atoms with van der Waals surface area (Å²) in [5.41, 5.74) is 2.87. The van der Waals surface area contributed by atoms with Crippen LogP contribution in [-0.4, -0.2) is 27.1 Å². The summed E-state index contributed by atoms with van der Waals surface area (Å²) in [5.74, 6) is -0.215. The summed E-state index contributed by atoms with van der Waals surface area (Å²) in [4.78, 5) is 12.5. The van der Waals surface area contributed by atoms with E-state index in [1.807, 2.05) is 25.1 Å². The Hall–Kier alpha value is -2.05. The second-order valence-electron chi connectivity index (χ2n) is 6.15. The van der Waals surface area contributed by atoms with Gasteiger partial charge in [-0.3, -0.25) is 9.10 Å². The fourth-order valence-corrected chi connectivity index (χ4v) is 4.30. The average molecular weight is 379 g/mol. The molecule has 0 radical (unpaired) electrons. The van der Waals surface area contributed by atoms with E-state index in [9.17, 15) is 13.2 Å². The molecule has 3 rings (SSSR count). The first-order valence-corrected chi connectivity index (χ1v) is 10.2. The summed E-state index contributed by atoms with van der Waals surface area (Å²) in [5, 5.41) is 3.54. The second-order valence-corrected chi connectivity index (χ2v) is 8.46. The fourth-order valence-electron chi connectivity index (χ4n) is 3.04. The van der Waals surface area contributed by atoms with E-state index in [0.29, 0.717) is 29.2 Å². The fraction of sp³-hybridized carbons (Fsp3) is 0.278. The van der Waals surface area contributed by atoms with Crippen molar-refractivity contribution in [3.8, 4) is 0 Å². The topological polar surface area (TPSA) is 66.5 Å². The first-order valence-electron chi connectivity index (χ1n) is 7.93. The molecule has 0 spiro atoms. The lowest BCUT2D eigenvalue weighted by Crippen LogP contribution is -2.28. The number of anilines is 1. The SMILES string of the molecule is C[C@@H](NC(=O)c1ccc2c(c1)CCN2S(C)(=O)=O)c1ccccc1Cl. The Balaban J connectivity index is 1.79. The number of halogens is 1. The quantitative estimate of drug-likeness (QED) is 0.888. The van der Waals surface area contributed by atoms with Crippen LogP contribution >= 0.6 is 11.6 Å². The molecule has 25 heavy (non-hydrogen) atoms. The number of carbonyl (C=O) groups excluding carboxylic acids is 1. The van der Waals surface area contributed by atoms with Crippen LogP contribution in [0.25, 0.3) is 0 Å². The molecule has 1 N–H and O–H groups in total. The highest BCUT2D eigenvalue weighted by molar-refractivity contribution is 7.92. The standard InChI is InChI=1S/C18H19ClN2O3S/c1-12(15-5-3-4-6-16(15)19)20-18(22)14-7-8-17-13(11-14)9-10-21(17)25(2,23)24/h3-8,11-12H,9-10H2,1-2H3,(H,20,22)/t12-/m1/s1. The molecule has 1 heterocycles. The lowest BCUT2D eigenvalue weighted by molar-refractivity contribution is 0.0940. The highest BCUT2D eigenvalue weighted by Gasteiger charge is 2.27. The Morgan fingerprint density at radius 3 is 2.64 bits per heavy atom. The highest BCUT2D eigenvalue weighted by atomic mass is 35.5. The van der Waals surface area contributed by atoms with Crippen LogP contribution in [0, 0.1) is 0 Å². The van der Waals surface area contributed by atoms with E-state index in [4.69, 9.17) is 11.6 Å². The number of sulfonamides is 1. The highest BCUT2D eigenvalue weighted by Crippen LogP contribution is 2.31. The zero-order valence-electron chi connectivity index (χ0n) is 14.0. The minimum Gasteiger partial charge on any atom is -0.345 e. The van der Waals surface area contributed by atoms with Crippen molar-refractivity contribution in [3.05, 3.63) is 64.2 Å². The number of hydrogen-bond donors (Lipinski definition) is 1. The molecule has 2 aromatic carbocycles. The molecular formula is C18H19ClN2O3S. The van der Waals surface area contributed by atoms with E-state index in [1.165, 1.54) is 10.6 Å². The minimum atomic E-state index is -3.29. The van der Waals surface area contributed by atoms with Crippen LogP contribution in [0.3, 0.4) is 0 Å². The number of carbonyl (C=O) groups is 1. The number of hydrogen-bond acceptors (Lipinski definition) is 3. The lowest BCUT2D eigenvalue weighted by Gasteiger charge is -2.18. The Labute approximate surface area is 152 Å². The zero-order valence-corrected chi connectivity index (χ0v) is 15.6. The third-order valence-corrected chi connectivity index (χ3v) is 5.84. The molecule has 1 amide bonds. The molecular weight excluding hydrogens is 360 g/mol. The normalized spacial score (nSPS) is 14.9. The van der Waals surface area contributed by atoms with Gasteiger partial charge in [0.25, 0.3) is 5.91 Å². The van der Waals surface area contributed by atoms with Crippen molar-refractivity contribution in [1.82, 2.24) is 5.32 Å². The molecule has 0 saturated carbocycles. The summed E-state index contributed by atoms with van der Waals surface area (Å²) in [6, 6.07) is 12.2. The van der Waals surface area contributed by atoms with Crippen LogP contribution in [0.1, 0.15) is 34.5 Å². The maximum Gasteiger partial charge on any atom is 0.251 e. The van der Waals surface area contributed by atoms with Crippen molar-refractivity contribution in [2.75, 3.05) is 17.1 Å². The molecule has 0 aliphatic carbocycles. The maximum absolute atomic E-state index is 12.5. The molecule has 1 atom stereocenters. The van der Waals surface area contributed by atoms with Crippen molar-refractivity contribution in [1.29, 1.82) is 0 Å². The Kier molecular flexibility index (Phi) is 4.75. The molecule has 0 aromatic heterocycles. The Morgan fingerprint density at radius 2 is 1.96 bits per heavy atom. The molecule has 132 valence electrons. The van der Waals surface area contributed by atoms with Crippen LogP contribution in [0.4, 0.5) is 5.69 Å². The molecule has 0 unspecified atom stereocenters. The van der Waals surface area contributed by atoms with Crippen molar-refractivity contribution >= 4 is 33.2 Å². The van der Waals surface area contributed by atoms with Gasteiger partial charge < -0.3 is 5.32 Å². The van der Waals surface area contributed by atoms with Gasteiger partial charge in [0.15, 0.2) is 0 Å². The van der Waals surface area contributed by atoms with E-state index in [-0.39, 0.29) is 11.9 Å². The predicted molar refractivity (Wildman–Crippen MR) is 99.7 cm³/mol. The lowest BCUT2D eigenvalue weighted by atomic mass is 10.1. The molecule has 0 fully saturated rings. The van der Waals surface area contributed by atoms with Crippen LogP contribution in [0.15, 0.2) is 42.5 Å². The third kappa shape index (κ3) is 3.65. The molecule has 0 saturated heterocycles. The number of nitrogens with one attached hydrogen (secondary N) is 1. The summed E-state index contributed by atoms with van der Waals surface area (Å²) in [7, 11) is -3.29. The van der Waals surface area contributed by atoms with Gasteiger partial charge in [-0.05, 0) is 48.7 Å².